The molecule has 2 heteroatoms. The molecule has 0 bridgehead atoms. The van der Waals surface area contributed by atoms with Crippen LogP contribution in [0.4, 0.5) is 0 Å². The van der Waals surface area contributed by atoms with Gasteiger partial charge in [-0.3, -0.25) is 0 Å². The smallest absolute Gasteiger partial charge is 0.122 e. The van der Waals surface area contributed by atoms with Gasteiger partial charge in [-0.25, -0.2) is 0 Å². The number of rotatable bonds is 1. The molecule has 0 fully saturated rings. The van der Waals surface area contributed by atoms with E-state index < -0.39 is 0 Å². The Balaban J connectivity index is 1.96. The van der Waals surface area contributed by atoms with Crippen molar-refractivity contribution >= 4 is 5.57 Å². The molecule has 1 aromatic rings. The van der Waals surface area contributed by atoms with Crippen LogP contribution < -0.4 is 10.5 Å². The van der Waals surface area contributed by atoms with E-state index in [0.29, 0.717) is 0 Å². The van der Waals surface area contributed by atoms with Crippen molar-refractivity contribution in [2.75, 3.05) is 6.61 Å². The molecule has 2 aliphatic rings. The van der Waals surface area contributed by atoms with Gasteiger partial charge in [0.25, 0.3) is 0 Å². The number of nitrogens with two attached hydrogens (primary N) is 1. The lowest BCUT2D eigenvalue weighted by Crippen LogP contribution is -2.11. The van der Waals surface area contributed by atoms with Gasteiger partial charge >= 0.3 is 0 Å². The highest BCUT2D eigenvalue weighted by atomic mass is 16.5. The molecular weight excluding hydrogens is 186 g/mol. The van der Waals surface area contributed by atoms with Crippen molar-refractivity contribution in [3.05, 3.63) is 35.4 Å². The molecule has 3 rings (SSSR count). The Labute approximate surface area is 89.7 Å². The summed E-state index contributed by atoms with van der Waals surface area (Å²) in [5.41, 5.74) is 9.94. The number of hydrogen-bond donors (Lipinski definition) is 1. The highest BCUT2D eigenvalue weighted by Crippen LogP contribution is 2.32. The molecule has 0 saturated carbocycles. The van der Waals surface area contributed by atoms with Crippen LogP contribution in [0.1, 0.15) is 24.0 Å². The number of hydrogen-bond acceptors (Lipinski definition) is 2. The van der Waals surface area contributed by atoms with E-state index >= 15 is 0 Å². The van der Waals surface area contributed by atoms with E-state index in [4.69, 9.17) is 10.5 Å². The molecule has 1 aliphatic carbocycles. The maximum atomic E-state index is 5.87. The van der Waals surface area contributed by atoms with E-state index in [1.54, 1.807) is 0 Å². The maximum absolute atomic E-state index is 5.87. The normalized spacial score (nSPS) is 23.5. The standard InChI is InChI=1S/C13H15NO/c14-12-3-1-10(8-12)9-2-4-13-11(7-9)5-6-15-13/h2,4,7-8,12H,1,3,5-6,14H2. The second kappa shape index (κ2) is 3.38. The zero-order chi connectivity index (χ0) is 10.3. The number of fused-ring (bicyclic) bond motifs is 1. The molecule has 0 amide bonds. The number of allylic oxidation sites excluding steroid dienone is 1. The van der Waals surface area contributed by atoms with Crippen molar-refractivity contribution < 1.29 is 4.74 Å². The third-order valence-electron chi connectivity index (χ3n) is 3.22. The molecule has 2 nitrogen and oxygen atoms in total. The van der Waals surface area contributed by atoms with Gasteiger partial charge in [-0.05, 0) is 41.7 Å². The minimum Gasteiger partial charge on any atom is -0.493 e. The SMILES string of the molecule is NC1C=C(c2ccc3c(c2)CCO3)CC1. The molecule has 1 aromatic carbocycles. The highest BCUT2D eigenvalue weighted by molar-refractivity contribution is 5.69. The van der Waals surface area contributed by atoms with Crippen LogP contribution in [-0.4, -0.2) is 12.6 Å². The van der Waals surface area contributed by atoms with E-state index in [9.17, 15) is 0 Å². The van der Waals surface area contributed by atoms with E-state index in [2.05, 4.69) is 24.3 Å². The predicted molar refractivity (Wildman–Crippen MR) is 60.8 cm³/mol. The van der Waals surface area contributed by atoms with Crippen molar-refractivity contribution in [1.29, 1.82) is 0 Å². The van der Waals surface area contributed by atoms with Gasteiger partial charge in [0.05, 0.1) is 6.61 Å². The van der Waals surface area contributed by atoms with Crippen molar-refractivity contribution in [2.45, 2.75) is 25.3 Å². The van der Waals surface area contributed by atoms with Crippen LogP contribution in [0.3, 0.4) is 0 Å². The molecule has 2 N–H and O–H groups in total. The monoisotopic (exact) mass is 201 g/mol. The van der Waals surface area contributed by atoms with Crippen molar-refractivity contribution in [2.24, 2.45) is 5.73 Å². The first-order valence-electron chi connectivity index (χ1n) is 5.55. The van der Waals surface area contributed by atoms with Gasteiger partial charge in [0.15, 0.2) is 0 Å². The molecule has 78 valence electrons. The topological polar surface area (TPSA) is 35.2 Å². The van der Waals surface area contributed by atoms with Crippen molar-refractivity contribution in [3.63, 3.8) is 0 Å². The fourth-order valence-electron chi connectivity index (χ4n) is 2.37. The summed E-state index contributed by atoms with van der Waals surface area (Å²) in [6, 6.07) is 6.74. The van der Waals surface area contributed by atoms with Gasteiger partial charge in [-0.2, -0.15) is 0 Å². The van der Waals surface area contributed by atoms with Crippen LogP contribution in [0.5, 0.6) is 5.75 Å². The minimum absolute atomic E-state index is 0.254. The van der Waals surface area contributed by atoms with E-state index in [1.165, 1.54) is 16.7 Å². The van der Waals surface area contributed by atoms with Gasteiger partial charge in [-0.1, -0.05) is 12.1 Å². The fourth-order valence-corrected chi connectivity index (χ4v) is 2.37. The molecule has 1 unspecified atom stereocenters. The molecule has 1 atom stereocenters. The second-order valence-corrected chi connectivity index (χ2v) is 4.32. The predicted octanol–water partition coefficient (Wildman–Crippen LogP) is 2.13. The number of ether oxygens (including phenoxy) is 1. The summed E-state index contributed by atoms with van der Waals surface area (Å²) < 4.78 is 5.49. The van der Waals surface area contributed by atoms with Gasteiger partial charge in [-0.15, -0.1) is 0 Å². The quantitative estimate of drug-likeness (QED) is 0.755. The average molecular weight is 201 g/mol. The molecule has 0 radical (unpaired) electrons. The van der Waals surface area contributed by atoms with Gasteiger partial charge in [0, 0.05) is 12.5 Å². The van der Waals surface area contributed by atoms with Gasteiger partial charge in [0.1, 0.15) is 5.75 Å². The average Bonchev–Trinajstić information content (AvgIpc) is 2.84. The highest BCUT2D eigenvalue weighted by Gasteiger charge is 2.16. The van der Waals surface area contributed by atoms with E-state index in [-0.39, 0.29) is 6.04 Å². The largest absolute Gasteiger partial charge is 0.493 e. The third kappa shape index (κ3) is 1.55. The summed E-state index contributed by atoms with van der Waals surface area (Å²) in [7, 11) is 0. The van der Waals surface area contributed by atoms with Crippen LogP contribution in [0.2, 0.25) is 0 Å². The lowest BCUT2D eigenvalue weighted by Gasteiger charge is -2.04. The van der Waals surface area contributed by atoms with Crippen LogP contribution in [0, 0.1) is 0 Å². The first-order chi connectivity index (χ1) is 7.33. The lowest BCUT2D eigenvalue weighted by atomic mass is 10.0. The van der Waals surface area contributed by atoms with Crippen LogP contribution in [-0.2, 0) is 6.42 Å². The minimum atomic E-state index is 0.254. The Morgan fingerprint density at radius 1 is 1.27 bits per heavy atom. The molecular formula is C13H15NO. The van der Waals surface area contributed by atoms with Crippen LogP contribution in [0.25, 0.3) is 5.57 Å². The Morgan fingerprint density at radius 2 is 2.20 bits per heavy atom. The molecule has 0 aromatic heterocycles. The van der Waals surface area contributed by atoms with Gasteiger partial charge < -0.3 is 10.5 Å². The summed E-state index contributed by atoms with van der Waals surface area (Å²) in [6.45, 7) is 0.831. The van der Waals surface area contributed by atoms with Gasteiger partial charge in [0.2, 0.25) is 0 Å². The summed E-state index contributed by atoms with van der Waals surface area (Å²) in [5.74, 6) is 1.06. The maximum Gasteiger partial charge on any atom is 0.122 e. The first-order valence-corrected chi connectivity index (χ1v) is 5.55. The number of benzene rings is 1. The third-order valence-corrected chi connectivity index (χ3v) is 3.22. The zero-order valence-corrected chi connectivity index (χ0v) is 8.70. The summed E-state index contributed by atoms with van der Waals surface area (Å²) in [4.78, 5) is 0. The van der Waals surface area contributed by atoms with Crippen LogP contribution in [0.15, 0.2) is 24.3 Å². The summed E-state index contributed by atoms with van der Waals surface area (Å²) in [5, 5.41) is 0. The van der Waals surface area contributed by atoms with Crippen molar-refractivity contribution in [1.82, 2.24) is 0 Å². The molecule has 1 aliphatic heterocycles. The molecule has 0 spiro atoms. The van der Waals surface area contributed by atoms with Crippen LogP contribution >= 0.6 is 0 Å². The molecule has 15 heavy (non-hydrogen) atoms. The van der Waals surface area contributed by atoms with E-state index in [0.717, 1.165) is 31.6 Å². The summed E-state index contributed by atoms with van der Waals surface area (Å²) >= 11 is 0. The lowest BCUT2D eigenvalue weighted by molar-refractivity contribution is 0.357. The Bertz CT molecular complexity index is 423. The molecule has 0 saturated heterocycles. The first kappa shape index (κ1) is 8.98. The fraction of sp³-hybridized carbons (Fsp3) is 0.385. The van der Waals surface area contributed by atoms with Crippen molar-refractivity contribution in [3.8, 4) is 5.75 Å². The Kier molecular flexibility index (Phi) is 2.03. The zero-order valence-electron chi connectivity index (χ0n) is 8.70. The Hall–Kier alpha value is -1.28. The van der Waals surface area contributed by atoms with E-state index in [1.807, 2.05) is 0 Å². The molecule has 1 heterocycles. The second-order valence-electron chi connectivity index (χ2n) is 4.32. The Morgan fingerprint density at radius 3 is 3.00 bits per heavy atom. The summed E-state index contributed by atoms with van der Waals surface area (Å²) in [6.07, 6.45) is 5.43.